The van der Waals surface area contributed by atoms with Crippen LogP contribution in [0.1, 0.15) is 42.5 Å². The molecule has 0 aromatic heterocycles. The van der Waals surface area contributed by atoms with Gasteiger partial charge in [0.1, 0.15) is 11.5 Å². The molecule has 6 nitrogen and oxygen atoms in total. The van der Waals surface area contributed by atoms with E-state index in [-0.39, 0.29) is 18.1 Å². The fraction of sp³-hybridized carbons (Fsp3) is 0.556. The van der Waals surface area contributed by atoms with E-state index in [1.807, 2.05) is 0 Å². The van der Waals surface area contributed by atoms with Crippen LogP contribution in [0.5, 0.6) is 11.5 Å². The molecule has 1 amide bonds. The SMILES string of the molecule is COc1cc(OC)cc(C(=O)OCC(=O)NCC2CCCCC2)c1. The zero-order chi connectivity index (χ0) is 17.4. The van der Waals surface area contributed by atoms with Crippen molar-refractivity contribution in [3.8, 4) is 11.5 Å². The largest absolute Gasteiger partial charge is 0.497 e. The fourth-order valence-electron chi connectivity index (χ4n) is 2.84. The van der Waals surface area contributed by atoms with Crippen LogP contribution in [-0.4, -0.2) is 39.2 Å². The Morgan fingerprint density at radius 3 is 2.25 bits per heavy atom. The number of hydrogen-bond acceptors (Lipinski definition) is 5. The van der Waals surface area contributed by atoms with Crippen molar-refractivity contribution in [2.24, 2.45) is 5.92 Å². The molecule has 0 heterocycles. The van der Waals surface area contributed by atoms with Crippen molar-refractivity contribution in [1.82, 2.24) is 5.32 Å². The molecule has 1 N–H and O–H groups in total. The minimum absolute atomic E-state index is 0.274. The molecule has 1 aromatic rings. The van der Waals surface area contributed by atoms with E-state index in [4.69, 9.17) is 14.2 Å². The summed E-state index contributed by atoms with van der Waals surface area (Å²) in [6.45, 7) is 0.369. The molecule has 1 fully saturated rings. The Morgan fingerprint density at radius 2 is 1.67 bits per heavy atom. The Kier molecular flexibility index (Phi) is 6.90. The van der Waals surface area contributed by atoms with Crippen molar-refractivity contribution >= 4 is 11.9 Å². The van der Waals surface area contributed by atoms with E-state index in [0.717, 1.165) is 12.8 Å². The predicted octanol–water partition coefficient (Wildman–Crippen LogP) is 2.56. The zero-order valence-electron chi connectivity index (χ0n) is 14.3. The van der Waals surface area contributed by atoms with Gasteiger partial charge in [-0.3, -0.25) is 4.79 Å². The number of benzene rings is 1. The number of ether oxygens (including phenoxy) is 3. The topological polar surface area (TPSA) is 73.9 Å². The van der Waals surface area contributed by atoms with E-state index in [0.29, 0.717) is 24.0 Å². The molecule has 1 aliphatic rings. The molecular formula is C18H25NO5. The molecule has 1 saturated carbocycles. The summed E-state index contributed by atoms with van der Waals surface area (Å²) in [7, 11) is 3.01. The predicted molar refractivity (Wildman–Crippen MR) is 89.4 cm³/mol. The van der Waals surface area contributed by atoms with E-state index in [2.05, 4.69) is 5.32 Å². The lowest BCUT2D eigenvalue weighted by atomic mass is 9.89. The maximum absolute atomic E-state index is 12.1. The van der Waals surface area contributed by atoms with Gasteiger partial charge in [0.25, 0.3) is 5.91 Å². The summed E-state index contributed by atoms with van der Waals surface area (Å²) in [6.07, 6.45) is 6.06. The summed E-state index contributed by atoms with van der Waals surface area (Å²) >= 11 is 0. The van der Waals surface area contributed by atoms with Crippen molar-refractivity contribution < 1.29 is 23.8 Å². The summed E-state index contributed by atoms with van der Waals surface area (Å²) in [6, 6.07) is 4.75. The maximum atomic E-state index is 12.1. The minimum atomic E-state index is -0.583. The van der Waals surface area contributed by atoms with Crippen molar-refractivity contribution in [1.29, 1.82) is 0 Å². The molecule has 0 bridgehead atoms. The average Bonchev–Trinajstić information content (AvgIpc) is 2.64. The molecule has 1 aromatic carbocycles. The summed E-state index contributed by atoms with van der Waals surface area (Å²) in [4.78, 5) is 23.9. The first kappa shape index (κ1) is 18.1. The highest BCUT2D eigenvalue weighted by Crippen LogP contribution is 2.23. The van der Waals surface area contributed by atoms with Crippen LogP contribution in [0.3, 0.4) is 0 Å². The molecule has 24 heavy (non-hydrogen) atoms. The normalized spacial score (nSPS) is 14.8. The van der Waals surface area contributed by atoms with Crippen LogP contribution < -0.4 is 14.8 Å². The van der Waals surface area contributed by atoms with Crippen LogP contribution in [0.4, 0.5) is 0 Å². The Hall–Kier alpha value is -2.24. The number of nitrogens with one attached hydrogen (secondary N) is 1. The van der Waals surface area contributed by atoms with Gasteiger partial charge in [0.2, 0.25) is 0 Å². The van der Waals surface area contributed by atoms with Crippen LogP contribution in [0, 0.1) is 5.92 Å². The molecule has 0 spiro atoms. The van der Waals surface area contributed by atoms with Crippen LogP contribution in [0.15, 0.2) is 18.2 Å². The van der Waals surface area contributed by atoms with Gasteiger partial charge in [-0.1, -0.05) is 19.3 Å². The Balaban J connectivity index is 1.80. The van der Waals surface area contributed by atoms with E-state index >= 15 is 0 Å². The zero-order valence-corrected chi connectivity index (χ0v) is 14.3. The smallest absolute Gasteiger partial charge is 0.338 e. The van der Waals surface area contributed by atoms with Gasteiger partial charge in [0, 0.05) is 12.6 Å². The number of carbonyl (C=O) groups is 2. The van der Waals surface area contributed by atoms with E-state index in [9.17, 15) is 9.59 Å². The second kappa shape index (κ2) is 9.15. The number of methoxy groups -OCH3 is 2. The monoisotopic (exact) mass is 335 g/mol. The highest BCUT2D eigenvalue weighted by molar-refractivity contribution is 5.92. The maximum Gasteiger partial charge on any atom is 0.338 e. The standard InChI is InChI=1S/C18H25NO5/c1-22-15-8-14(9-16(10-15)23-2)18(21)24-12-17(20)19-11-13-6-4-3-5-7-13/h8-10,13H,3-7,11-12H2,1-2H3,(H,19,20). The van der Waals surface area contributed by atoms with E-state index in [1.54, 1.807) is 18.2 Å². The van der Waals surface area contributed by atoms with Crippen molar-refractivity contribution in [2.75, 3.05) is 27.4 Å². The number of amides is 1. The lowest BCUT2D eigenvalue weighted by molar-refractivity contribution is -0.124. The molecule has 0 unspecified atom stereocenters. The van der Waals surface area contributed by atoms with Gasteiger partial charge in [-0.25, -0.2) is 4.79 Å². The van der Waals surface area contributed by atoms with Crippen molar-refractivity contribution in [2.45, 2.75) is 32.1 Å². The highest BCUT2D eigenvalue weighted by Gasteiger charge is 2.16. The second-order valence-corrected chi connectivity index (χ2v) is 5.99. The molecule has 0 radical (unpaired) electrons. The Labute approximate surface area is 142 Å². The lowest BCUT2D eigenvalue weighted by Gasteiger charge is -2.21. The minimum Gasteiger partial charge on any atom is -0.497 e. The summed E-state index contributed by atoms with van der Waals surface area (Å²) in [5.41, 5.74) is 0.284. The molecule has 1 aliphatic carbocycles. The first-order chi connectivity index (χ1) is 11.6. The average molecular weight is 335 g/mol. The number of hydrogen-bond donors (Lipinski definition) is 1. The van der Waals surface area contributed by atoms with Crippen LogP contribution in [0.2, 0.25) is 0 Å². The van der Waals surface area contributed by atoms with Gasteiger partial charge in [0.05, 0.1) is 19.8 Å². The van der Waals surface area contributed by atoms with Crippen LogP contribution in [-0.2, 0) is 9.53 Å². The number of esters is 1. The second-order valence-electron chi connectivity index (χ2n) is 5.99. The number of rotatable bonds is 7. The molecule has 0 saturated heterocycles. The van der Waals surface area contributed by atoms with Crippen LogP contribution >= 0.6 is 0 Å². The van der Waals surface area contributed by atoms with Gasteiger partial charge >= 0.3 is 5.97 Å². The van der Waals surface area contributed by atoms with Crippen molar-refractivity contribution in [3.63, 3.8) is 0 Å². The van der Waals surface area contributed by atoms with Crippen LogP contribution in [0.25, 0.3) is 0 Å². The third kappa shape index (κ3) is 5.44. The lowest BCUT2D eigenvalue weighted by Crippen LogP contribution is -2.33. The highest BCUT2D eigenvalue weighted by atomic mass is 16.5. The first-order valence-corrected chi connectivity index (χ1v) is 8.29. The van der Waals surface area contributed by atoms with Crippen molar-refractivity contribution in [3.05, 3.63) is 23.8 Å². The van der Waals surface area contributed by atoms with E-state index in [1.165, 1.54) is 33.5 Å². The van der Waals surface area contributed by atoms with Gasteiger partial charge in [-0.15, -0.1) is 0 Å². The Bertz CT molecular complexity index is 544. The summed E-state index contributed by atoms with van der Waals surface area (Å²) in [5.74, 6) is 0.663. The molecular weight excluding hydrogens is 310 g/mol. The third-order valence-electron chi connectivity index (χ3n) is 4.23. The van der Waals surface area contributed by atoms with E-state index < -0.39 is 5.97 Å². The summed E-state index contributed by atoms with van der Waals surface area (Å²) < 4.78 is 15.3. The molecule has 0 atom stereocenters. The van der Waals surface area contributed by atoms with Gasteiger partial charge in [-0.05, 0) is 30.9 Å². The Morgan fingerprint density at radius 1 is 1.04 bits per heavy atom. The van der Waals surface area contributed by atoms with Gasteiger partial charge in [-0.2, -0.15) is 0 Å². The quantitative estimate of drug-likeness (QED) is 0.775. The third-order valence-corrected chi connectivity index (χ3v) is 4.23. The summed E-state index contributed by atoms with van der Waals surface area (Å²) in [5, 5.41) is 2.84. The number of carbonyl (C=O) groups excluding carboxylic acids is 2. The fourth-order valence-corrected chi connectivity index (χ4v) is 2.84. The molecule has 2 rings (SSSR count). The first-order valence-electron chi connectivity index (χ1n) is 8.29. The van der Waals surface area contributed by atoms with Gasteiger partial charge in [0.15, 0.2) is 6.61 Å². The molecule has 0 aliphatic heterocycles. The molecule has 132 valence electrons. The molecule has 6 heteroatoms. The van der Waals surface area contributed by atoms with Gasteiger partial charge < -0.3 is 19.5 Å².